The molecule has 1 heterocycles. The number of aryl methyl sites for hydroxylation is 1. The Bertz CT molecular complexity index is 936. The van der Waals surface area contributed by atoms with E-state index in [-0.39, 0.29) is 29.7 Å². The first-order chi connectivity index (χ1) is 14.1. The first kappa shape index (κ1) is 23.1. The molecule has 1 aromatic carbocycles. The van der Waals surface area contributed by atoms with Crippen molar-refractivity contribution in [3.63, 3.8) is 0 Å². The van der Waals surface area contributed by atoms with Crippen molar-refractivity contribution in [2.45, 2.75) is 47.3 Å². The van der Waals surface area contributed by atoms with Gasteiger partial charge in [-0.25, -0.2) is 14.0 Å². The molecular formula is C22H27FN2O5. The van der Waals surface area contributed by atoms with E-state index in [2.05, 4.69) is 4.98 Å². The minimum absolute atomic E-state index is 0.101. The normalized spacial score (nSPS) is 10.8. The van der Waals surface area contributed by atoms with Crippen molar-refractivity contribution in [2.24, 2.45) is 0 Å². The van der Waals surface area contributed by atoms with E-state index < -0.39 is 24.5 Å². The first-order valence-corrected chi connectivity index (χ1v) is 9.73. The number of hydrogen-bond acceptors (Lipinski definition) is 5. The summed E-state index contributed by atoms with van der Waals surface area (Å²) in [5, 5.41) is 0. The average molecular weight is 418 g/mol. The largest absolute Gasteiger partial charge is 0.459 e. The molecule has 0 saturated heterocycles. The number of ether oxygens (including phenoxy) is 2. The zero-order valence-corrected chi connectivity index (χ0v) is 17.9. The summed E-state index contributed by atoms with van der Waals surface area (Å²) in [6.07, 6.45) is -0.294. The van der Waals surface area contributed by atoms with E-state index in [1.165, 1.54) is 17.0 Å². The molecule has 0 radical (unpaired) electrons. The lowest BCUT2D eigenvalue weighted by molar-refractivity contribution is -0.135. The number of nitrogens with one attached hydrogen (secondary N) is 1. The lowest BCUT2D eigenvalue weighted by Crippen LogP contribution is -2.34. The number of likely N-dealkylation sites (N-methyl/N-ethyl adjacent to an activating group) is 1. The number of amides is 1. The maximum Gasteiger partial charge on any atom is 0.355 e. The highest BCUT2D eigenvalue weighted by Crippen LogP contribution is 2.20. The highest BCUT2D eigenvalue weighted by molar-refractivity contribution is 5.99. The Morgan fingerprint density at radius 3 is 2.47 bits per heavy atom. The van der Waals surface area contributed by atoms with Crippen LogP contribution < -0.4 is 0 Å². The summed E-state index contributed by atoms with van der Waals surface area (Å²) in [5.41, 5.74) is 1.91. The predicted octanol–water partition coefficient (Wildman–Crippen LogP) is 3.54. The summed E-state index contributed by atoms with van der Waals surface area (Å²) in [7, 11) is 0. The molecule has 0 unspecified atom stereocenters. The topological polar surface area (TPSA) is 88.7 Å². The molecule has 0 aliphatic carbocycles. The van der Waals surface area contributed by atoms with Crippen LogP contribution in [0, 0.1) is 19.7 Å². The number of benzene rings is 1. The van der Waals surface area contributed by atoms with Crippen LogP contribution in [0.3, 0.4) is 0 Å². The standard InChI is InChI=1S/C22H27FN2O5/c1-6-25(11-16-8-7-9-17(23)10-16)18(26)12-29-22(28)20-14(4)19(15(5)24-20)21(27)30-13(2)3/h7-10,13,24H,6,11-12H2,1-5H3. The minimum atomic E-state index is -0.741. The van der Waals surface area contributed by atoms with Gasteiger partial charge in [0.05, 0.1) is 11.7 Å². The highest BCUT2D eigenvalue weighted by atomic mass is 19.1. The number of hydrogen-bond donors (Lipinski definition) is 1. The lowest BCUT2D eigenvalue weighted by Gasteiger charge is -2.20. The lowest BCUT2D eigenvalue weighted by atomic mass is 10.1. The number of rotatable bonds is 8. The summed E-state index contributed by atoms with van der Waals surface area (Å²) >= 11 is 0. The van der Waals surface area contributed by atoms with E-state index >= 15 is 0 Å². The zero-order chi connectivity index (χ0) is 22.4. The summed E-state index contributed by atoms with van der Waals surface area (Å²) < 4.78 is 23.7. The van der Waals surface area contributed by atoms with Gasteiger partial charge in [0.25, 0.3) is 5.91 Å². The molecule has 7 nitrogen and oxygen atoms in total. The molecule has 30 heavy (non-hydrogen) atoms. The number of aromatic amines is 1. The van der Waals surface area contributed by atoms with Gasteiger partial charge in [0.15, 0.2) is 6.61 Å². The molecular weight excluding hydrogens is 391 g/mol. The van der Waals surface area contributed by atoms with Crippen LogP contribution in [0.1, 0.15) is 58.4 Å². The van der Waals surface area contributed by atoms with Crippen molar-refractivity contribution in [1.82, 2.24) is 9.88 Å². The van der Waals surface area contributed by atoms with Gasteiger partial charge in [-0.1, -0.05) is 12.1 Å². The van der Waals surface area contributed by atoms with E-state index in [4.69, 9.17) is 9.47 Å². The van der Waals surface area contributed by atoms with Crippen LogP contribution in [0.15, 0.2) is 24.3 Å². The Hall–Kier alpha value is -3.16. The van der Waals surface area contributed by atoms with E-state index in [0.717, 1.165) is 0 Å². The van der Waals surface area contributed by atoms with E-state index in [1.54, 1.807) is 46.8 Å². The SMILES string of the molecule is CCN(Cc1cccc(F)c1)C(=O)COC(=O)c1[nH]c(C)c(C(=O)OC(C)C)c1C. The molecule has 0 bridgehead atoms. The minimum Gasteiger partial charge on any atom is -0.459 e. The van der Waals surface area contributed by atoms with Gasteiger partial charge >= 0.3 is 11.9 Å². The van der Waals surface area contributed by atoms with E-state index in [0.29, 0.717) is 23.4 Å². The number of nitrogens with zero attached hydrogens (tertiary/aromatic N) is 1. The van der Waals surface area contributed by atoms with Crippen molar-refractivity contribution in [3.8, 4) is 0 Å². The van der Waals surface area contributed by atoms with Crippen molar-refractivity contribution >= 4 is 17.8 Å². The van der Waals surface area contributed by atoms with Gasteiger partial charge < -0.3 is 19.4 Å². The fraction of sp³-hybridized carbons (Fsp3) is 0.409. The van der Waals surface area contributed by atoms with Crippen LogP contribution in [-0.2, 0) is 20.8 Å². The van der Waals surface area contributed by atoms with Crippen LogP contribution in [0.2, 0.25) is 0 Å². The Balaban J connectivity index is 2.04. The molecule has 8 heteroatoms. The molecule has 0 fully saturated rings. The van der Waals surface area contributed by atoms with Gasteiger partial charge in [0.1, 0.15) is 11.5 Å². The molecule has 0 aliphatic rings. The summed E-state index contributed by atoms with van der Waals surface area (Å²) in [5.74, 6) is -2.06. The van der Waals surface area contributed by atoms with Crippen molar-refractivity contribution in [2.75, 3.05) is 13.2 Å². The smallest absolute Gasteiger partial charge is 0.355 e. The Kier molecular flexibility index (Phi) is 7.74. The van der Waals surface area contributed by atoms with Gasteiger partial charge in [-0.05, 0) is 57.9 Å². The Morgan fingerprint density at radius 1 is 1.17 bits per heavy atom. The first-order valence-electron chi connectivity index (χ1n) is 9.73. The molecule has 162 valence electrons. The number of aromatic nitrogens is 1. The molecule has 0 aliphatic heterocycles. The fourth-order valence-electron chi connectivity index (χ4n) is 3.06. The second-order valence-electron chi connectivity index (χ2n) is 7.19. The van der Waals surface area contributed by atoms with Crippen LogP contribution in [0.5, 0.6) is 0 Å². The quantitative estimate of drug-likeness (QED) is 0.663. The highest BCUT2D eigenvalue weighted by Gasteiger charge is 2.25. The van der Waals surface area contributed by atoms with Crippen LogP contribution in [0.4, 0.5) is 4.39 Å². The second-order valence-corrected chi connectivity index (χ2v) is 7.19. The van der Waals surface area contributed by atoms with Gasteiger partial charge in [-0.15, -0.1) is 0 Å². The van der Waals surface area contributed by atoms with Gasteiger partial charge in [-0.3, -0.25) is 4.79 Å². The number of carbonyl (C=O) groups is 3. The average Bonchev–Trinajstić information content (AvgIpc) is 2.97. The van der Waals surface area contributed by atoms with Crippen LogP contribution in [-0.4, -0.2) is 47.0 Å². The van der Waals surface area contributed by atoms with Crippen LogP contribution in [0.25, 0.3) is 0 Å². The van der Waals surface area contributed by atoms with E-state index in [1.807, 2.05) is 0 Å². The number of carbonyl (C=O) groups excluding carboxylic acids is 3. The number of H-pyrrole nitrogens is 1. The van der Waals surface area contributed by atoms with E-state index in [9.17, 15) is 18.8 Å². The second kappa shape index (κ2) is 10.0. The van der Waals surface area contributed by atoms with Crippen molar-refractivity contribution in [3.05, 3.63) is 58.2 Å². The Labute approximate surface area is 175 Å². The Morgan fingerprint density at radius 2 is 1.87 bits per heavy atom. The van der Waals surface area contributed by atoms with Gasteiger partial charge in [0.2, 0.25) is 0 Å². The molecule has 2 rings (SSSR count). The number of halogens is 1. The van der Waals surface area contributed by atoms with Gasteiger partial charge in [-0.2, -0.15) is 0 Å². The summed E-state index contributed by atoms with van der Waals surface area (Å²) in [4.78, 5) is 41.5. The monoisotopic (exact) mass is 418 g/mol. The molecule has 2 aromatic rings. The molecule has 1 amide bonds. The molecule has 1 aromatic heterocycles. The van der Waals surface area contributed by atoms with Crippen molar-refractivity contribution < 1.29 is 28.2 Å². The summed E-state index contributed by atoms with van der Waals surface area (Å²) in [6.45, 7) is 8.63. The van der Waals surface area contributed by atoms with Crippen LogP contribution >= 0.6 is 0 Å². The van der Waals surface area contributed by atoms with Gasteiger partial charge in [0, 0.05) is 18.8 Å². The zero-order valence-electron chi connectivity index (χ0n) is 17.9. The summed E-state index contributed by atoms with van der Waals surface area (Å²) in [6, 6.07) is 5.97. The fourth-order valence-corrected chi connectivity index (χ4v) is 3.06. The maximum absolute atomic E-state index is 13.4. The maximum atomic E-state index is 13.4. The number of esters is 2. The third kappa shape index (κ3) is 5.68. The van der Waals surface area contributed by atoms with Crippen molar-refractivity contribution in [1.29, 1.82) is 0 Å². The predicted molar refractivity (Wildman–Crippen MR) is 109 cm³/mol. The molecule has 0 spiro atoms. The molecule has 1 N–H and O–H groups in total. The third-order valence-corrected chi connectivity index (χ3v) is 4.51. The molecule has 0 saturated carbocycles. The third-order valence-electron chi connectivity index (χ3n) is 4.51. The molecule has 0 atom stereocenters.